The van der Waals surface area contributed by atoms with Crippen LogP contribution in [0.5, 0.6) is 0 Å². The van der Waals surface area contributed by atoms with Crippen molar-refractivity contribution in [3.8, 4) is 0 Å². The van der Waals surface area contributed by atoms with Gasteiger partial charge in [0.1, 0.15) is 54.1 Å². The van der Waals surface area contributed by atoms with E-state index >= 15 is 0 Å². The van der Waals surface area contributed by atoms with Gasteiger partial charge in [0.2, 0.25) is 41.4 Å². The lowest BCUT2D eigenvalue weighted by Gasteiger charge is -2.42. The minimum absolute atomic E-state index is 0.0203. The molecule has 2 aromatic rings. The molecule has 11 atom stereocenters. The molecule has 1 spiro atoms. The first-order valence-corrected chi connectivity index (χ1v) is 28.0. The Morgan fingerprint density at radius 2 is 1.65 bits per heavy atom. The Bertz CT molecular complexity index is 2510. The lowest BCUT2D eigenvalue weighted by molar-refractivity contribution is -0.139. The number of epoxide rings is 2. The summed E-state index contributed by atoms with van der Waals surface area (Å²) in [5.41, 5.74) is 6.98. The summed E-state index contributed by atoms with van der Waals surface area (Å²) < 4.78 is 24.2. The Labute approximate surface area is 454 Å². The predicted molar refractivity (Wildman–Crippen MR) is 287 cm³/mol. The lowest BCUT2D eigenvalue weighted by atomic mass is 9.68. The van der Waals surface area contributed by atoms with Crippen LogP contribution in [0.3, 0.4) is 0 Å². The molecular weight excluding hydrogens is 1010 g/mol. The molecule has 1 aliphatic carbocycles. The van der Waals surface area contributed by atoms with E-state index in [0.29, 0.717) is 43.6 Å². The minimum Gasteiger partial charge on any atom is -0.443 e. The van der Waals surface area contributed by atoms with Crippen molar-refractivity contribution in [2.24, 2.45) is 17.6 Å². The Kier molecular flexibility index (Phi) is 21.1. The quantitative estimate of drug-likeness (QED) is 0.0448. The molecule has 424 valence electrons. The molecule has 3 aliphatic heterocycles. The molecule has 23 heteroatoms. The van der Waals surface area contributed by atoms with Crippen molar-refractivity contribution in [1.82, 2.24) is 41.8 Å². The number of thioether (sulfide) groups is 1. The number of methoxy groups -OCH3 is 1. The summed E-state index contributed by atoms with van der Waals surface area (Å²) in [7, 11) is 1.58. The van der Waals surface area contributed by atoms with E-state index in [4.69, 9.17) is 24.7 Å². The van der Waals surface area contributed by atoms with E-state index in [0.717, 1.165) is 17.3 Å². The molecule has 9 N–H and O–H groups in total. The molecule has 6 rings (SSSR count). The van der Waals surface area contributed by atoms with E-state index in [2.05, 4.69) is 49.9 Å². The van der Waals surface area contributed by atoms with Crippen LogP contribution in [0.1, 0.15) is 105 Å². The zero-order valence-electron chi connectivity index (χ0n) is 45.6. The van der Waals surface area contributed by atoms with Crippen molar-refractivity contribution in [3.05, 3.63) is 47.7 Å². The standard InChI is InChI=1S/C54H79N9O13S/c1-30(2)15-17-42-53(6,76-42)47-46(73-7)41(19-21-54(47)29-74-54)75-52(72)58-28-45(67)63-22-11-14-39(63)51(71)62-37(24-31(3)4)48(68)57-27-44(66)60-36(20-23-77-8)49(69)61-38(25-33-26-56-35-13-10-9-12-34(33)35)50(70)59-32(5)40(64)16-18-43(55)65/h9-10,12-13,15,26,31-32,36-39,41-42,46-47,56H,11,14,16-25,27-29H2,1-8H3,(H2,55,65)(H,57,68)(H,58,72)(H,59,70)(H,60,66)(H,61,69)(H,62,71)/t32-,36-,37-,38-,39?,41+,42+,46+,47+,53?,54-/m0/s1. The van der Waals surface area contributed by atoms with E-state index < -0.39 is 120 Å². The van der Waals surface area contributed by atoms with Crippen LogP contribution in [-0.2, 0) is 63.7 Å². The number of Topliss-reactive ketones (excluding diaryl/α,β-unsaturated/α-hetero) is 1. The van der Waals surface area contributed by atoms with Gasteiger partial charge in [0, 0.05) is 50.0 Å². The second-order valence-electron chi connectivity index (χ2n) is 21.5. The van der Waals surface area contributed by atoms with Gasteiger partial charge < -0.3 is 66.5 Å². The molecule has 1 aromatic heterocycles. The molecule has 77 heavy (non-hydrogen) atoms. The average molecular weight is 1090 g/mol. The van der Waals surface area contributed by atoms with Crippen LogP contribution >= 0.6 is 11.8 Å². The van der Waals surface area contributed by atoms with E-state index in [1.54, 1.807) is 13.3 Å². The summed E-state index contributed by atoms with van der Waals surface area (Å²) >= 11 is 1.43. The van der Waals surface area contributed by atoms with Gasteiger partial charge in [-0.15, -0.1) is 0 Å². The van der Waals surface area contributed by atoms with Gasteiger partial charge in [-0.2, -0.15) is 11.8 Å². The number of aromatic amines is 1. The second kappa shape index (κ2) is 27.0. The molecular formula is C54H79N9O13S. The number of amides is 8. The molecule has 3 saturated heterocycles. The number of nitrogens with one attached hydrogen (secondary N) is 7. The van der Waals surface area contributed by atoms with Gasteiger partial charge in [0.05, 0.1) is 31.2 Å². The number of ketones is 1. The largest absolute Gasteiger partial charge is 0.443 e. The summed E-state index contributed by atoms with van der Waals surface area (Å²) in [6.07, 6.45) is 6.45. The third-order valence-electron chi connectivity index (χ3n) is 15.0. The van der Waals surface area contributed by atoms with Gasteiger partial charge in [-0.05, 0) is 102 Å². The number of para-hydroxylation sites is 1. The monoisotopic (exact) mass is 1090 g/mol. The van der Waals surface area contributed by atoms with Crippen molar-refractivity contribution in [3.63, 3.8) is 0 Å². The number of benzene rings is 1. The van der Waals surface area contributed by atoms with Crippen LogP contribution in [0.2, 0.25) is 0 Å². The smallest absolute Gasteiger partial charge is 0.407 e. The van der Waals surface area contributed by atoms with Crippen LogP contribution in [0, 0.1) is 11.8 Å². The zero-order valence-corrected chi connectivity index (χ0v) is 46.4. The number of aromatic nitrogens is 1. The fraction of sp³-hybridized carbons (Fsp3) is 0.648. The van der Waals surface area contributed by atoms with E-state index in [9.17, 15) is 43.2 Å². The molecule has 22 nitrogen and oxygen atoms in total. The molecule has 8 amide bonds. The topological polar surface area (TPSA) is 314 Å². The van der Waals surface area contributed by atoms with Crippen LogP contribution in [0.25, 0.3) is 10.9 Å². The number of primary amides is 1. The molecule has 1 aromatic carbocycles. The molecule has 4 fully saturated rings. The highest BCUT2D eigenvalue weighted by atomic mass is 32.2. The number of fused-ring (bicyclic) bond motifs is 1. The zero-order chi connectivity index (χ0) is 56.2. The van der Waals surface area contributed by atoms with Crippen LogP contribution < -0.4 is 37.6 Å². The predicted octanol–water partition coefficient (Wildman–Crippen LogP) is 2.21. The minimum atomic E-state index is -1.20. The van der Waals surface area contributed by atoms with Gasteiger partial charge in [0.15, 0.2) is 5.78 Å². The number of allylic oxidation sites excluding steroid dienone is 1. The Hall–Kier alpha value is -6.04. The molecule has 0 bridgehead atoms. The van der Waals surface area contributed by atoms with E-state index in [1.807, 2.05) is 58.2 Å². The van der Waals surface area contributed by atoms with Gasteiger partial charge in [-0.25, -0.2) is 4.79 Å². The third-order valence-corrected chi connectivity index (χ3v) is 15.6. The molecule has 2 unspecified atom stereocenters. The van der Waals surface area contributed by atoms with Crippen molar-refractivity contribution in [2.45, 2.75) is 165 Å². The average Bonchev–Trinajstić information content (AvgIpc) is 4.22. The molecule has 4 aliphatic rings. The number of alkyl carbamates (subject to hydrolysis) is 1. The molecule has 0 radical (unpaired) electrons. The van der Waals surface area contributed by atoms with Gasteiger partial charge >= 0.3 is 6.09 Å². The van der Waals surface area contributed by atoms with E-state index in [-0.39, 0.29) is 56.6 Å². The Balaban J connectivity index is 1.02. The van der Waals surface area contributed by atoms with Crippen LogP contribution in [-0.4, -0.2) is 168 Å². The fourth-order valence-electron chi connectivity index (χ4n) is 10.7. The fourth-order valence-corrected chi connectivity index (χ4v) is 11.2. The Morgan fingerprint density at radius 3 is 2.32 bits per heavy atom. The summed E-state index contributed by atoms with van der Waals surface area (Å²) in [6.45, 7) is 11.1. The van der Waals surface area contributed by atoms with Gasteiger partial charge in [-0.3, -0.25) is 38.4 Å². The maximum atomic E-state index is 14.0. The summed E-state index contributed by atoms with van der Waals surface area (Å²) in [5, 5.41) is 16.8. The molecule has 1 saturated carbocycles. The van der Waals surface area contributed by atoms with Crippen LogP contribution in [0.15, 0.2) is 42.1 Å². The second-order valence-corrected chi connectivity index (χ2v) is 22.5. The van der Waals surface area contributed by atoms with E-state index in [1.165, 1.54) is 29.2 Å². The third kappa shape index (κ3) is 16.0. The number of ether oxygens (including phenoxy) is 4. The summed E-state index contributed by atoms with van der Waals surface area (Å²) in [5.74, 6) is -4.70. The molecule has 4 heterocycles. The number of hydrogen-bond donors (Lipinski definition) is 8. The number of nitrogens with two attached hydrogens (primary N) is 1. The highest BCUT2D eigenvalue weighted by Crippen LogP contribution is 2.59. The number of rotatable bonds is 28. The normalized spacial score (nSPS) is 24.9. The summed E-state index contributed by atoms with van der Waals surface area (Å²) in [4.78, 5) is 124. The number of nitrogens with zero attached hydrogens (tertiary/aromatic N) is 1. The van der Waals surface area contributed by atoms with Crippen molar-refractivity contribution < 1.29 is 62.1 Å². The van der Waals surface area contributed by atoms with Crippen molar-refractivity contribution in [1.29, 1.82) is 0 Å². The number of likely N-dealkylation sites (tertiary alicyclic amines) is 1. The van der Waals surface area contributed by atoms with Gasteiger partial charge in [-0.1, -0.05) is 43.7 Å². The number of H-pyrrole nitrogens is 1. The highest BCUT2D eigenvalue weighted by molar-refractivity contribution is 7.98. The van der Waals surface area contributed by atoms with Crippen LogP contribution in [0.4, 0.5) is 4.79 Å². The lowest BCUT2D eigenvalue weighted by Crippen LogP contribution is -2.57. The number of carbonyl (C=O) groups excluding carboxylic acids is 9. The maximum absolute atomic E-state index is 14.0. The maximum Gasteiger partial charge on any atom is 0.407 e. The van der Waals surface area contributed by atoms with Gasteiger partial charge in [0.25, 0.3) is 0 Å². The number of carbonyl (C=O) groups is 9. The van der Waals surface area contributed by atoms with Crippen molar-refractivity contribution in [2.75, 3.05) is 45.4 Å². The van der Waals surface area contributed by atoms with Crippen molar-refractivity contribution >= 4 is 75.9 Å². The highest BCUT2D eigenvalue weighted by Gasteiger charge is 2.72. The summed E-state index contributed by atoms with van der Waals surface area (Å²) in [6, 6.07) is 2.04. The SMILES string of the molecule is CO[C@H]1[C@H](C2(C)O[C@@H]2CC=C(C)C)[C@]2(CC[C@H]1OC(=O)NCC(=O)N1CCCC1C(=O)N[C@@H](CC(C)C)C(=O)NCC(=O)N[C@@H](CCSC)C(=O)N[C@@H](Cc1c[nH]c3ccccc13)C(=O)N[C@@H](C)C(=O)CCC(N)=O)CO2. The first kappa shape index (κ1) is 60.2. The first-order chi connectivity index (χ1) is 36.6. The number of hydrogen-bond acceptors (Lipinski definition) is 14. The first-order valence-electron chi connectivity index (χ1n) is 26.6. The Morgan fingerprint density at radius 1 is 0.922 bits per heavy atom.